The Morgan fingerprint density at radius 3 is 2.17 bits per heavy atom. The second-order valence-corrected chi connectivity index (χ2v) is 6.20. The Balaban J connectivity index is 1.86. The van der Waals surface area contributed by atoms with Gasteiger partial charge in [-0.05, 0) is 36.6 Å². The van der Waals surface area contributed by atoms with E-state index >= 15 is 0 Å². The molecule has 0 radical (unpaired) electrons. The minimum atomic E-state index is -0.796. The van der Waals surface area contributed by atoms with Gasteiger partial charge in [0.2, 0.25) is 0 Å². The van der Waals surface area contributed by atoms with Crippen LogP contribution in [0.25, 0.3) is 11.1 Å². The highest BCUT2D eigenvalue weighted by Gasteiger charge is 2.12. The highest BCUT2D eigenvalue weighted by atomic mass is 19.2. The van der Waals surface area contributed by atoms with Crippen molar-refractivity contribution in [3.8, 4) is 16.9 Å². The molecule has 1 nitrogen and oxygen atoms in total. The summed E-state index contributed by atoms with van der Waals surface area (Å²) in [6.45, 7) is 4.46. The van der Waals surface area contributed by atoms with Crippen molar-refractivity contribution in [3.05, 3.63) is 53.6 Å². The maximum Gasteiger partial charge on any atom is 0.166 e. The minimum absolute atomic E-state index is 0.278. The Morgan fingerprint density at radius 2 is 1.46 bits per heavy atom. The molecule has 3 heteroatoms. The fourth-order valence-electron chi connectivity index (χ4n) is 2.67. The maximum atomic E-state index is 14.0. The first kappa shape index (κ1) is 18.4. The first-order chi connectivity index (χ1) is 11.6. The Hall–Kier alpha value is -1.90. The molecule has 2 aromatic carbocycles. The molecule has 0 aromatic heterocycles. The molecule has 2 aromatic rings. The van der Waals surface area contributed by atoms with Crippen LogP contribution in [0.5, 0.6) is 5.75 Å². The summed E-state index contributed by atoms with van der Waals surface area (Å²) in [5, 5.41) is 0. The van der Waals surface area contributed by atoms with E-state index in [0.717, 1.165) is 12.2 Å². The van der Waals surface area contributed by atoms with Crippen molar-refractivity contribution in [1.29, 1.82) is 0 Å². The third kappa shape index (κ3) is 5.05. The zero-order chi connectivity index (χ0) is 17.4. The van der Waals surface area contributed by atoms with E-state index in [9.17, 15) is 8.78 Å². The van der Waals surface area contributed by atoms with Crippen molar-refractivity contribution < 1.29 is 13.5 Å². The molecule has 0 aliphatic heterocycles. The second kappa shape index (κ2) is 9.41. The lowest BCUT2D eigenvalue weighted by atomic mass is 10.0. The summed E-state index contributed by atoms with van der Waals surface area (Å²) in [5.74, 6) is -0.813. The average molecular weight is 332 g/mol. The number of hydrogen-bond acceptors (Lipinski definition) is 1. The molecule has 0 amide bonds. The smallest absolute Gasteiger partial charge is 0.166 e. The average Bonchev–Trinajstić information content (AvgIpc) is 2.60. The Bertz CT molecular complexity index is 635. The van der Waals surface area contributed by atoms with Gasteiger partial charge in [-0.1, -0.05) is 63.3 Å². The number of unbranched alkanes of at least 4 members (excludes halogenated alkanes) is 5. The van der Waals surface area contributed by atoms with Gasteiger partial charge in [-0.3, -0.25) is 0 Å². The zero-order valence-electron chi connectivity index (χ0n) is 14.6. The molecular formula is C21H26F2O. The molecule has 0 saturated carbocycles. The minimum Gasteiger partial charge on any atom is -0.494 e. The van der Waals surface area contributed by atoms with Gasteiger partial charge in [-0.25, -0.2) is 8.78 Å². The quantitative estimate of drug-likeness (QED) is 0.465. The lowest BCUT2D eigenvalue weighted by Crippen LogP contribution is -1.97. The summed E-state index contributed by atoms with van der Waals surface area (Å²) in [7, 11) is 0. The molecule has 0 heterocycles. The summed E-state index contributed by atoms with van der Waals surface area (Å²) in [5.41, 5.74) is 1.24. The molecular weight excluding hydrogens is 306 g/mol. The van der Waals surface area contributed by atoms with Crippen molar-refractivity contribution >= 4 is 0 Å². The molecule has 0 saturated heterocycles. The van der Waals surface area contributed by atoms with E-state index in [2.05, 4.69) is 6.92 Å². The van der Waals surface area contributed by atoms with E-state index in [0.29, 0.717) is 17.7 Å². The van der Waals surface area contributed by atoms with Crippen LogP contribution in [0.2, 0.25) is 0 Å². The van der Waals surface area contributed by atoms with Crippen LogP contribution in [0, 0.1) is 18.6 Å². The normalized spacial score (nSPS) is 10.8. The molecule has 0 unspecified atom stereocenters. The standard InChI is InChI=1S/C21H26F2O/c1-3-4-5-6-7-8-15-24-18-12-10-17(11-13-18)19-14-9-16(2)20(22)21(19)23/h9-14H,3-8,15H2,1-2H3. The summed E-state index contributed by atoms with van der Waals surface area (Å²) in [6.07, 6.45) is 7.35. The van der Waals surface area contributed by atoms with Crippen LogP contribution in [0.3, 0.4) is 0 Å². The largest absolute Gasteiger partial charge is 0.494 e. The topological polar surface area (TPSA) is 9.23 Å². The summed E-state index contributed by atoms with van der Waals surface area (Å²) in [4.78, 5) is 0. The Kier molecular flexibility index (Phi) is 7.23. The third-order valence-electron chi connectivity index (χ3n) is 4.21. The third-order valence-corrected chi connectivity index (χ3v) is 4.21. The van der Waals surface area contributed by atoms with Crippen LogP contribution in [0.4, 0.5) is 8.78 Å². The van der Waals surface area contributed by atoms with Crippen molar-refractivity contribution in [2.45, 2.75) is 52.4 Å². The van der Waals surface area contributed by atoms with Crippen LogP contribution < -0.4 is 4.74 Å². The maximum absolute atomic E-state index is 14.0. The molecule has 24 heavy (non-hydrogen) atoms. The highest BCUT2D eigenvalue weighted by Crippen LogP contribution is 2.27. The van der Waals surface area contributed by atoms with Crippen molar-refractivity contribution in [1.82, 2.24) is 0 Å². The Labute approximate surface area is 143 Å². The summed E-state index contributed by atoms with van der Waals surface area (Å²) in [6, 6.07) is 10.4. The van der Waals surface area contributed by atoms with E-state index in [4.69, 9.17) is 4.74 Å². The fourth-order valence-corrected chi connectivity index (χ4v) is 2.67. The van der Waals surface area contributed by atoms with Gasteiger partial charge in [0.15, 0.2) is 11.6 Å². The second-order valence-electron chi connectivity index (χ2n) is 6.20. The fraction of sp³-hybridized carbons (Fsp3) is 0.429. The molecule has 0 bridgehead atoms. The van der Waals surface area contributed by atoms with Gasteiger partial charge in [-0.2, -0.15) is 0 Å². The van der Waals surface area contributed by atoms with Gasteiger partial charge in [0.05, 0.1) is 6.61 Å². The molecule has 130 valence electrons. The Morgan fingerprint density at radius 1 is 0.792 bits per heavy atom. The van der Waals surface area contributed by atoms with E-state index in [-0.39, 0.29) is 5.56 Å². The van der Waals surface area contributed by atoms with Crippen LogP contribution in [-0.2, 0) is 0 Å². The van der Waals surface area contributed by atoms with E-state index in [1.807, 2.05) is 12.1 Å². The number of ether oxygens (including phenoxy) is 1. The number of rotatable bonds is 9. The molecule has 0 aliphatic rings. The predicted molar refractivity (Wildman–Crippen MR) is 95.4 cm³/mol. The first-order valence-corrected chi connectivity index (χ1v) is 8.81. The number of hydrogen-bond donors (Lipinski definition) is 0. The monoisotopic (exact) mass is 332 g/mol. The molecule has 0 spiro atoms. The van der Waals surface area contributed by atoms with Gasteiger partial charge in [-0.15, -0.1) is 0 Å². The molecule has 0 N–H and O–H groups in total. The predicted octanol–water partition coefficient (Wildman–Crippen LogP) is 6.68. The highest BCUT2D eigenvalue weighted by molar-refractivity contribution is 5.65. The van der Waals surface area contributed by atoms with E-state index in [1.165, 1.54) is 32.1 Å². The molecule has 2 rings (SSSR count). The van der Waals surface area contributed by atoms with E-state index in [1.54, 1.807) is 31.2 Å². The van der Waals surface area contributed by atoms with Crippen LogP contribution >= 0.6 is 0 Å². The lowest BCUT2D eigenvalue weighted by molar-refractivity contribution is 0.304. The SMILES string of the molecule is CCCCCCCCOc1ccc(-c2ccc(C)c(F)c2F)cc1. The number of halogens is 2. The van der Waals surface area contributed by atoms with Gasteiger partial charge in [0.25, 0.3) is 0 Å². The first-order valence-electron chi connectivity index (χ1n) is 8.81. The molecule has 0 aliphatic carbocycles. The number of benzene rings is 2. The van der Waals surface area contributed by atoms with Crippen molar-refractivity contribution in [3.63, 3.8) is 0 Å². The van der Waals surface area contributed by atoms with Crippen molar-refractivity contribution in [2.75, 3.05) is 6.61 Å². The zero-order valence-corrected chi connectivity index (χ0v) is 14.6. The number of aryl methyl sites for hydroxylation is 1. The van der Waals surface area contributed by atoms with Crippen LogP contribution in [0.1, 0.15) is 51.0 Å². The van der Waals surface area contributed by atoms with Gasteiger partial charge < -0.3 is 4.74 Å². The lowest BCUT2D eigenvalue weighted by Gasteiger charge is -2.09. The van der Waals surface area contributed by atoms with E-state index < -0.39 is 11.6 Å². The summed E-state index contributed by atoms with van der Waals surface area (Å²) >= 11 is 0. The van der Waals surface area contributed by atoms with Gasteiger partial charge in [0, 0.05) is 5.56 Å². The van der Waals surface area contributed by atoms with Gasteiger partial charge in [0.1, 0.15) is 5.75 Å². The van der Waals surface area contributed by atoms with Crippen LogP contribution in [0.15, 0.2) is 36.4 Å². The van der Waals surface area contributed by atoms with Crippen molar-refractivity contribution in [2.24, 2.45) is 0 Å². The van der Waals surface area contributed by atoms with Gasteiger partial charge >= 0.3 is 0 Å². The summed E-state index contributed by atoms with van der Waals surface area (Å²) < 4.78 is 33.4. The molecule has 0 atom stereocenters. The van der Waals surface area contributed by atoms with Crippen LogP contribution in [-0.4, -0.2) is 6.61 Å². The molecule has 0 fully saturated rings.